The normalized spacial score (nSPS) is 17.3. The standard InChI is InChI=1S/C13H10N4/c1-2-11-4-6-12(7-5-11)13-15-8-3-9-17(13)16-10-14/h1,3-9,13,16H. The molecule has 1 aliphatic rings. The molecule has 1 heterocycles. The van der Waals surface area contributed by atoms with Crippen LogP contribution in [0, 0.1) is 23.8 Å². The number of allylic oxidation sites excluding steroid dienone is 1. The van der Waals surface area contributed by atoms with Crippen molar-refractivity contribution in [2.75, 3.05) is 0 Å². The van der Waals surface area contributed by atoms with E-state index in [1.807, 2.05) is 30.5 Å². The van der Waals surface area contributed by atoms with E-state index in [0.717, 1.165) is 11.1 Å². The van der Waals surface area contributed by atoms with Gasteiger partial charge < -0.3 is 0 Å². The van der Waals surface area contributed by atoms with Gasteiger partial charge in [-0.2, -0.15) is 5.26 Å². The first-order valence-corrected chi connectivity index (χ1v) is 5.05. The highest BCUT2D eigenvalue weighted by Crippen LogP contribution is 2.22. The van der Waals surface area contributed by atoms with Gasteiger partial charge in [0.2, 0.25) is 0 Å². The Morgan fingerprint density at radius 3 is 2.76 bits per heavy atom. The zero-order chi connectivity index (χ0) is 12.1. The molecule has 0 saturated carbocycles. The fraction of sp³-hybridized carbons (Fsp3) is 0.0769. The van der Waals surface area contributed by atoms with Crippen molar-refractivity contribution in [3.63, 3.8) is 0 Å². The predicted octanol–water partition coefficient (Wildman–Crippen LogP) is 1.55. The lowest BCUT2D eigenvalue weighted by molar-refractivity contribution is 0.239. The van der Waals surface area contributed by atoms with E-state index in [9.17, 15) is 0 Å². The predicted molar refractivity (Wildman–Crippen MR) is 65.3 cm³/mol. The smallest absolute Gasteiger partial charge is 0.197 e. The monoisotopic (exact) mass is 222 g/mol. The number of nitrogens with zero attached hydrogens (tertiary/aromatic N) is 3. The van der Waals surface area contributed by atoms with Gasteiger partial charge in [0.05, 0.1) is 0 Å². The Hall–Kier alpha value is -2.72. The molecule has 0 bridgehead atoms. The summed E-state index contributed by atoms with van der Waals surface area (Å²) < 4.78 is 0. The van der Waals surface area contributed by atoms with Crippen molar-refractivity contribution >= 4 is 6.21 Å². The van der Waals surface area contributed by atoms with Crippen LogP contribution in [0.4, 0.5) is 0 Å². The largest absolute Gasteiger partial charge is 0.262 e. The molecule has 1 aromatic carbocycles. The number of nitriles is 1. The molecule has 2 rings (SSSR count). The van der Waals surface area contributed by atoms with Gasteiger partial charge in [-0.25, -0.2) is 5.43 Å². The maximum Gasteiger partial charge on any atom is 0.197 e. The lowest BCUT2D eigenvalue weighted by atomic mass is 10.1. The minimum Gasteiger partial charge on any atom is -0.262 e. The highest BCUT2D eigenvalue weighted by molar-refractivity contribution is 5.72. The Morgan fingerprint density at radius 2 is 2.12 bits per heavy atom. The fourth-order valence-corrected chi connectivity index (χ4v) is 1.57. The summed E-state index contributed by atoms with van der Waals surface area (Å²) in [6.07, 6.45) is 12.2. The summed E-state index contributed by atoms with van der Waals surface area (Å²) in [5.74, 6) is 2.56. The summed E-state index contributed by atoms with van der Waals surface area (Å²) in [5.41, 5.74) is 4.35. The van der Waals surface area contributed by atoms with Gasteiger partial charge in [-0.1, -0.05) is 18.1 Å². The third kappa shape index (κ3) is 2.27. The van der Waals surface area contributed by atoms with Crippen LogP contribution in [0.15, 0.2) is 41.5 Å². The maximum absolute atomic E-state index is 8.65. The molecule has 1 unspecified atom stereocenters. The van der Waals surface area contributed by atoms with Crippen LogP contribution in [-0.4, -0.2) is 11.2 Å². The molecule has 1 aliphatic heterocycles. The Bertz CT molecular complexity index is 528. The second-order valence-corrected chi connectivity index (χ2v) is 3.41. The van der Waals surface area contributed by atoms with Gasteiger partial charge in [0.25, 0.3) is 0 Å². The van der Waals surface area contributed by atoms with Crippen molar-refractivity contribution in [2.45, 2.75) is 6.17 Å². The van der Waals surface area contributed by atoms with Crippen LogP contribution in [0.1, 0.15) is 17.3 Å². The van der Waals surface area contributed by atoms with E-state index in [-0.39, 0.29) is 6.17 Å². The Kier molecular flexibility index (Phi) is 3.09. The van der Waals surface area contributed by atoms with Crippen molar-refractivity contribution in [3.05, 3.63) is 47.7 Å². The molecule has 0 aromatic heterocycles. The van der Waals surface area contributed by atoms with Crippen LogP contribution in [0.3, 0.4) is 0 Å². The van der Waals surface area contributed by atoms with E-state index in [1.165, 1.54) is 0 Å². The first-order chi connectivity index (χ1) is 8.35. The quantitative estimate of drug-likeness (QED) is 0.469. The molecule has 82 valence electrons. The van der Waals surface area contributed by atoms with Crippen molar-refractivity contribution in [3.8, 4) is 18.5 Å². The number of aliphatic imine (C=N–C) groups is 1. The molecule has 0 aliphatic carbocycles. The lowest BCUT2D eigenvalue weighted by Crippen LogP contribution is -2.34. The molecule has 17 heavy (non-hydrogen) atoms. The Morgan fingerprint density at radius 1 is 1.35 bits per heavy atom. The number of rotatable bonds is 2. The minimum atomic E-state index is -0.244. The van der Waals surface area contributed by atoms with Crippen LogP contribution < -0.4 is 5.43 Å². The average molecular weight is 222 g/mol. The maximum atomic E-state index is 8.65. The van der Waals surface area contributed by atoms with Crippen molar-refractivity contribution < 1.29 is 0 Å². The van der Waals surface area contributed by atoms with Gasteiger partial charge in [-0.05, 0) is 23.8 Å². The zero-order valence-corrected chi connectivity index (χ0v) is 9.04. The highest BCUT2D eigenvalue weighted by atomic mass is 15.5. The number of hydrogen-bond acceptors (Lipinski definition) is 4. The third-order valence-corrected chi connectivity index (χ3v) is 2.38. The molecule has 4 heteroatoms. The Balaban J connectivity index is 2.26. The number of hydrogen-bond donors (Lipinski definition) is 1. The van der Waals surface area contributed by atoms with E-state index in [4.69, 9.17) is 11.7 Å². The molecule has 1 aromatic rings. The molecule has 1 atom stereocenters. The van der Waals surface area contributed by atoms with Crippen LogP contribution >= 0.6 is 0 Å². The van der Waals surface area contributed by atoms with Crippen molar-refractivity contribution in [1.82, 2.24) is 10.4 Å². The molecule has 0 amide bonds. The van der Waals surface area contributed by atoms with Crippen LogP contribution in [-0.2, 0) is 0 Å². The Labute approximate surface area is 99.9 Å². The van der Waals surface area contributed by atoms with E-state index in [0.29, 0.717) is 0 Å². The van der Waals surface area contributed by atoms with E-state index in [1.54, 1.807) is 23.5 Å². The molecular formula is C13H10N4. The van der Waals surface area contributed by atoms with Crippen LogP contribution in [0.5, 0.6) is 0 Å². The topological polar surface area (TPSA) is 51.4 Å². The van der Waals surface area contributed by atoms with Crippen molar-refractivity contribution in [1.29, 1.82) is 5.26 Å². The van der Waals surface area contributed by atoms with Gasteiger partial charge >= 0.3 is 0 Å². The van der Waals surface area contributed by atoms with Gasteiger partial charge in [0.15, 0.2) is 12.4 Å². The fourth-order valence-electron chi connectivity index (χ4n) is 1.57. The van der Waals surface area contributed by atoms with Crippen LogP contribution in [0.2, 0.25) is 0 Å². The summed E-state index contributed by atoms with van der Waals surface area (Å²) in [6.45, 7) is 0. The van der Waals surface area contributed by atoms with E-state index < -0.39 is 0 Å². The SMILES string of the molecule is C#Cc1ccc(C2N=CC=CN2NC#N)cc1. The second-order valence-electron chi connectivity index (χ2n) is 3.41. The minimum absolute atomic E-state index is 0.244. The third-order valence-electron chi connectivity index (χ3n) is 2.38. The number of nitrogens with one attached hydrogen (secondary N) is 1. The summed E-state index contributed by atoms with van der Waals surface area (Å²) in [5, 5.41) is 10.3. The molecule has 0 radical (unpaired) electrons. The molecule has 0 saturated heterocycles. The van der Waals surface area contributed by atoms with E-state index >= 15 is 0 Å². The van der Waals surface area contributed by atoms with Gasteiger partial charge in [-0.15, -0.1) is 6.42 Å². The number of terminal acetylenes is 1. The summed E-state index contributed by atoms with van der Waals surface area (Å²) >= 11 is 0. The van der Waals surface area contributed by atoms with Gasteiger partial charge in [-0.3, -0.25) is 10.0 Å². The highest BCUT2D eigenvalue weighted by Gasteiger charge is 2.17. The first kappa shape index (κ1) is 10.8. The van der Waals surface area contributed by atoms with E-state index in [2.05, 4.69) is 16.3 Å². The molecule has 0 fully saturated rings. The van der Waals surface area contributed by atoms with Gasteiger partial charge in [0, 0.05) is 18.0 Å². The number of benzene rings is 1. The van der Waals surface area contributed by atoms with Crippen molar-refractivity contribution in [2.24, 2.45) is 4.99 Å². The zero-order valence-electron chi connectivity index (χ0n) is 9.04. The number of hydrazine groups is 1. The van der Waals surface area contributed by atoms with Gasteiger partial charge in [0.1, 0.15) is 0 Å². The first-order valence-electron chi connectivity index (χ1n) is 5.05. The average Bonchev–Trinajstić information content (AvgIpc) is 2.40. The second kappa shape index (κ2) is 4.87. The summed E-state index contributed by atoms with van der Waals surface area (Å²) in [4.78, 5) is 4.30. The lowest BCUT2D eigenvalue weighted by Gasteiger charge is -2.27. The molecular weight excluding hydrogens is 212 g/mol. The summed E-state index contributed by atoms with van der Waals surface area (Å²) in [7, 11) is 0. The molecule has 4 nitrogen and oxygen atoms in total. The molecule has 1 N–H and O–H groups in total. The molecule has 0 spiro atoms. The van der Waals surface area contributed by atoms with Crippen LogP contribution in [0.25, 0.3) is 0 Å². The summed E-state index contributed by atoms with van der Waals surface area (Å²) in [6, 6.07) is 7.52.